The Labute approximate surface area is 84.8 Å². The third-order valence-corrected chi connectivity index (χ3v) is 1.54. The van der Waals surface area contributed by atoms with Crippen LogP contribution in [0.2, 0.25) is 0 Å². The van der Waals surface area contributed by atoms with Gasteiger partial charge in [-0.05, 0) is 20.8 Å². The molecule has 0 aromatic carbocycles. The van der Waals surface area contributed by atoms with E-state index in [4.69, 9.17) is 10.5 Å². The second kappa shape index (κ2) is 4.55. The van der Waals surface area contributed by atoms with Gasteiger partial charge in [0.25, 0.3) is 0 Å². The Hall–Kier alpha value is -0.900. The van der Waals surface area contributed by atoms with Crippen molar-refractivity contribution in [1.29, 1.82) is 0 Å². The first-order chi connectivity index (χ1) is 6.15. The number of ketones is 1. The van der Waals surface area contributed by atoms with Gasteiger partial charge in [-0.25, -0.2) is 4.79 Å². The lowest BCUT2D eigenvalue weighted by atomic mass is 10.0. The van der Waals surface area contributed by atoms with Gasteiger partial charge in [0.1, 0.15) is 5.60 Å². The van der Waals surface area contributed by atoms with Crippen LogP contribution in [-0.2, 0) is 14.3 Å². The van der Waals surface area contributed by atoms with Crippen LogP contribution in [0.3, 0.4) is 0 Å². The number of carbonyl (C=O) groups excluding carboxylic acids is 2. The summed E-state index contributed by atoms with van der Waals surface area (Å²) in [6.07, 6.45) is 0. The third kappa shape index (κ3) is 4.37. The predicted octanol–water partition coefficient (Wildman–Crippen LogP) is 0.880. The average Bonchev–Trinajstić information content (AvgIpc) is 1.98. The van der Waals surface area contributed by atoms with Gasteiger partial charge < -0.3 is 10.5 Å². The molecule has 0 aliphatic heterocycles. The molecule has 0 heterocycles. The minimum Gasteiger partial charge on any atom is -0.458 e. The number of Topliss-reactive ketones (excluding diaryl/α,β-unsaturated/α-hetero) is 1. The zero-order valence-electron chi connectivity index (χ0n) is 9.46. The van der Waals surface area contributed by atoms with E-state index in [1.54, 1.807) is 34.6 Å². The highest BCUT2D eigenvalue weighted by Crippen LogP contribution is 2.09. The fourth-order valence-corrected chi connectivity index (χ4v) is 0.841. The molecule has 1 atom stereocenters. The minimum atomic E-state index is -1.16. The summed E-state index contributed by atoms with van der Waals surface area (Å²) in [6, 6.07) is -1.16. The first kappa shape index (κ1) is 13.1. The molecule has 0 saturated carbocycles. The largest absolute Gasteiger partial charge is 0.458 e. The van der Waals surface area contributed by atoms with Crippen LogP contribution in [0.4, 0.5) is 0 Å². The second-order valence-electron chi connectivity index (χ2n) is 4.57. The Bertz CT molecular complexity index is 228. The van der Waals surface area contributed by atoms with E-state index in [9.17, 15) is 9.59 Å². The zero-order chi connectivity index (χ0) is 11.5. The van der Waals surface area contributed by atoms with E-state index in [1.165, 1.54) is 0 Å². The molecule has 0 bridgehead atoms. The van der Waals surface area contributed by atoms with Crippen molar-refractivity contribution in [3.8, 4) is 0 Å². The van der Waals surface area contributed by atoms with Crippen molar-refractivity contribution in [3.05, 3.63) is 0 Å². The summed E-state index contributed by atoms with van der Waals surface area (Å²) >= 11 is 0. The van der Waals surface area contributed by atoms with Gasteiger partial charge in [-0.2, -0.15) is 0 Å². The molecule has 0 radical (unpaired) electrons. The number of rotatable bonds is 3. The van der Waals surface area contributed by atoms with Crippen molar-refractivity contribution in [2.45, 2.75) is 46.3 Å². The molecule has 0 fully saturated rings. The smallest absolute Gasteiger partial charge is 0.331 e. The van der Waals surface area contributed by atoms with Gasteiger partial charge in [0.05, 0.1) is 0 Å². The van der Waals surface area contributed by atoms with E-state index in [-0.39, 0.29) is 11.7 Å². The summed E-state index contributed by atoms with van der Waals surface area (Å²) in [6.45, 7) is 8.60. The van der Waals surface area contributed by atoms with Crippen molar-refractivity contribution in [2.75, 3.05) is 0 Å². The zero-order valence-corrected chi connectivity index (χ0v) is 9.46. The summed E-state index contributed by atoms with van der Waals surface area (Å²) in [5, 5.41) is 0. The van der Waals surface area contributed by atoms with Crippen molar-refractivity contribution < 1.29 is 14.3 Å². The fourth-order valence-electron chi connectivity index (χ4n) is 0.841. The Morgan fingerprint density at radius 2 is 1.64 bits per heavy atom. The summed E-state index contributed by atoms with van der Waals surface area (Å²) in [5.74, 6) is -1.20. The molecular weight excluding hydrogens is 182 g/mol. The van der Waals surface area contributed by atoms with Crippen LogP contribution >= 0.6 is 0 Å². The molecule has 4 heteroatoms. The molecule has 0 aromatic heterocycles. The van der Waals surface area contributed by atoms with E-state index in [2.05, 4.69) is 0 Å². The van der Waals surface area contributed by atoms with E-state index in [0.29, 0.717) is 0 Å². The highest BCUT2D eigenvalue weighted by atomic mass is 16.6. The van der Waals surface area contributed by atoms with Crippen LogP contribution in [0, 0.1) is 5.92 Å². The molecule has 82 valence electrons. The number of nitrogens with two attached hydrogens (primary N) is 1. The summed E-state index contributed by atoms with van der Waals surface area (Å²) < 4.78 is 4.99. The maximum absolute atomic E-state index is 11.3. The van der Waals surface area contributed by atoms with Gasteiger partial charge in [0.2, 0.25) is 0 Å². The molecule has 0 spiro atoms. The molecule has 0 amide bonds. The van der Waals surface area contributed by atoms with E-state index < -0.39 is 17.6 Å². The standard InChI is InChI=1S/C10H19NO3/c1-6(2)8(12)7(11)9(13)14-10(3,4)5/h6-7H,11H2,1-5H3. The molecule has 0 aliphatic rings. The molecule has 0 aromatic rings. The Morgan fingerprint density at radius 3 is 1.93 bits per heavy atom. The predicted molar refractivity (Wildman–Crippen MR) is 53.7 cm³/mol. The second-order valence-corrected chi connectivity index (χ2v) is 4.57. The first-order valence-electron chi connectivity index (χ1n) is 4.67. The van der Waals surface area contributed by atoms with Crippen LogP contribution in [0.15, 0.2) is 0 Å². The first-order valence-corrected chi connectivity index (χ1v) is 4.67. The summed E-state index contributed by atoms with van der Waals surface area (Å²) in [5.41, 5.74) is 4.84. The molecule has 0 rings (SSSR count). The Kier molecular flexibility index (Phi) is 4.26. The Morgan fingerprint density at radius 1 is 1.21 bits per heavy atom. The molecule has 4 nitrogen and oxygen atoms in total. The van der Waals surface area contributed by atoms with Gasteiger partial charge in [-0.15, -0.1) is 0 Å². The lowest BCUT2D eigenvalue weighted by molar-refractivity contribution is -0.158. The number of carbonyl (C=O) groups is 2. The number of esters is 1. The third-order valence-electron chi connectivity index (χ3n) is 1.54. The quantitative estimate of drug-likeness (QED) is 0.543. The molecule has 0 saturated heterocycles. The summed E-state index contributed by atoms with van der Waals surface area (Å²) in [7, 11) is 0. The monoisotopic (exact) mass is 201 g/mol. The van der Waals surface area contributed by atoms with E-state index >= 15 is 0 Å². The van der Waals surface area contributed by atoms with Gasteiger partial charge in [-0.3, -0.25) is 4.79 Å². The molecule has 1 unspecified atom stereocenters. The van der Waals surface area contributed by atoms with Gasteiger partial charge in [-0.1, -0.05) is 13.8 Å². The van der Waals surface area contributed by atoms with Crippen LogP contribution in [0.25, 0.3) is 0 Å². The van der Waals surface area contributed by atoms with Gasteiger partial charge in [0.15, 0.2) is 11.8 Å². The lowest BCUT2D eigenvalue weighted by Crippen LogP contribution is -2.44. The normalized spacial score (nSPS) is 13.9. The maximum Gasteiger partial charge on any atom is 0.331 e. The van der Waals surface area contributed by atoms with Crippen molar-refractivity contribution in [3.63, 3.8) is 0 Å². The average molecular weight is 201 g/mol. The SMILES string of the molecule is CC(C)C(=O)C(N)C(=O)OC(C)(C)C. The fraction of sp³-hybridized carbons (Fsp3) is 0.800. The topological polar surface area (TPSA) is 69.4 Å². The molecular formula is C10H19NO3. The van der Waals surface area contributed by atoms with Crippen LogP contribution < -0.4 is 5.73 Å². The lowest BCUT2D eigenvalue weighted by Gasteiger charge is -2.22. The van der Waals surface area contributed by atoms with Crippen LogP contribution in [0.5, 0.6) is 0 Å². The highest BCUT2D eigenvalue weighted by molar-refractivity contribution is 6.03. The van der Waals surface area contributed by atoms with E-state index in [0.717, 1.165) is 0 Å². The van der Waals surface area contributed by atoms with Crippen molar-refractivity contribution in [1.82, 2.24) is 0 Å². The number of hydrogen-bond donors (Lipinski definition) is 1. The maximum atomic E-state index is 11.3. The van der Waals surface area contributed by atoms with Gasteiger partial charge in [0, 0.05) is 5.92 Å². The van der Waals surface area contributed by atoms with Crippen LogP contribution in [0.1, 0.15) is 34.6 Å². The van der Waals surface area contributed by atoms with Crippen LogP contribution in [-0.4, -0.2) is 23.4 Å². The van der Waals surface area contributed by atoms with Gasteiger partial charge >= 0.3 is 5.97 Å². The molecule has 2 N–H and O–H groups in total. The van der Waals surface area contributed by atoms with Crippen molar-refractivity contribution in [2.24, 2.45) is 11.7 Å². The molecule has 14 heavy (non-hydrogen) atoms. The highest BCUT2D eigenvalue weighted by Gasteiger charge is 2.28. The Balaban J connectivity index is 4.34. The molecule has 0 aliphatic carbocycles. The minimum absolute atomic E-state index is 0.252. The van der Waals surface area contributed by atoms with Crippen molar-refractivity contribution >= 4 is 11.8 Å². The number of ether oxygens (including phenoxy) is 1. The van der Waals surface area contributed by atoms with E-state index in [1.807, 2.05) is 0 Å². The summed E-state index contributed by atoms with van der Waals surface area (Å²) in [4.78, 5) is 22.7. The number of hydrogen-bond acceptors (Lipinski definition) is 4.